The van der Waals surface area contributed by atoms with E-state index in [0.717, 1.165) is 17.5 Å². The molecular weight excluding hydrogens is 295 g/mol. The van der Waals surface area contributed by atoms with E-state index in [2.05, 4.69) is 16.5 Å². The van der Waals surface area contributed by atoms with Gasteiger partial charge in [0.2, 0.25) is 0 Å². The number of halogens is 2. The fourth-order valence-electron chi connectivity index (χ4n) is 3.31. The van der Waals surface area contributed by atoms with Crippen LogP contribution in [0.3, 0.4) is 0 Å². The van der Waals surface area contributed by atoms with Crippen LogP contribution in [0.5, 0.6) is 0 Å². The highest BCUT2D eigenvalue weighted by Crippen LogP contribution is 2.35. The maximum atomic E-state index is 13.8. The van der Waals surface area contributed by atoms with Crippen LogP contribution in [0.2, 0.25) is 5.02 Å². The maximum Gasteiger partial charge on any atom is 0.178 e. The molecule has 0 saturated heterocycles. The minimum Gasteiger partial charge on any atom is -0.331 e. The predicted molar refractivity (Wildman–Crippen MR) is 83.4 cm³/mol. The van der Waals surface area contributed by atoms with Crippen molar-refractivity contribution >= 4 is 34.9 Å². The third-order valence-electron chi connectivity index (χ3n) is 4.41. The molecule has 2 atom stereocenters. The van der Waals surface area contributed by atoms with E-state index in [1.807, 2.05) is 0 Å². The highest BCUT2D eigenvalue weighted by atomic mass is 35.5. The average molecular weight is 313 g/mol. The number of rotatable bonds is 1. The van der Waals surface area contributed by atoms with E-state index in [9.17, 15) is 4.39 Å². The van der Waals surface area contributed by atoms with Gasteiger partial charge in [0.05, 0.1) is 16.1 Å². The summed E-state index contributed by atoms with van der Waals surface area (Å²) < 4.78 is 16.6. The van der Waals surface area contributed by atoms with Gasteiger partial charge in [-0.05, 0) is 37.0 Å². The standard InChI is InChI=1S/C15H18ClFN2S/c1-9-5-3-2-4-6-13(9)19-14-8-11(17)10(16)7-12(14)18-15(19)20/h7-9,13H,2-6H2,1H3,(H,18,20). The summed E-state index contributed by atoms with van der Waals surface area (Å²) in [6, 6.07) is 3.47. The number of fused-ring (bicyclic) bond motifs is 1. The van der Waals surface area contributed by atoms with Gasteiger partial charge in [0.15, 0.2) is 4.77 Å². The molecule has 1 aromatic carbocycles. The zero-order valence-electron chi connectivity index (χ0n) is 11.5. The molecule has 20 heavy (non-hydrogen) atoms. The van der Waals surface area contributed by atoms with Crippen molar-refractivity contribution in [2.24, 2.45) is 5.92 Å². The number of benzene rings is 1. The van der Waals surface area contributed by atoms with Gasteiger partial charge in [-0.15, -0.1) is 0 Å². The van der Waals surface area contributed by atoms with Gasteiger partial charge in [0.25, 0.3) is 0 Å². The quantitative estimate of drug-likeness (QED) is 0.534. The average Bonchev–Trinajstić information content (AvgIpc) is 2.58. The summed E-state index contributed by atoms with van der Waals surface area (Å²) in [5, 5.41) is 0.134. The Morgan fingerprint density at radius 2 is 2.05 bits per heavy atom. The molecule has 1 aliphatic rings. The van der Waals surface area contributed by atoms with Crippen LogP contribution in [0.4, 0.5) is 4.39 Å². The van der Waals surface area contributed by atoms with Gasteiger partial charge in [-0.25, -0.2) is 4.39 Å². The zero-order valence-corrected chi connectivity index (χ0v) is 13.0. The molecule has 2 aromatic rings. The molecule has 1 saturated carbocycles. The second-order valence-corrected chi connectivity index (χ2v) is 6.56. The second-order valence-electron chi connectivity index (χ2n) is 5.77. The van der Waals surface area contributed by atoms with Gasteiger partial charge < -0.3 is 9.55 Å². The Balaban J connectivity index is 2.17. The lowest BCUT2D eigenvalue weighted by molar-refractivity contribution is 0.338. The maximum absolute atomic E-state index is 13.8. The van der Waals surface area contributed by atoms with Gasteiger partial charge in [-0.2, -0.15) is 0 Å². The Hall–Kier alpha value is -0.870. The van der Waals surface area contributed by atoms with Crippen molar-refractivity contribution in [1.82, 2.24) is 9.55 Å². The van der Waals surface area contributed by atoms with Crippen molar-refractivity contribution in [2.75, 3.05) is 0 Å². The highest BCUT2D eigenvalue weighted by molar-refractivity contribution is 7.71. The van der Waals surface area contributed by atoms with Crippen LogP contribution in [0.1, 0.15) is 45.1 Å². The molecule has 2 nitrogen and oxygen atoms in total. The Kier molecular flexibility index (Phi) is 3.87. The molecule has 0 aliphatic heterocycles. The lowest BCUT2D eigenvalue weighted by Gasteiger charge is -2.23. The molecule has 1 fully saturated rings. The van der Waals surface area contributed by atoms with Crippen LogP contribution in [0.15, 0.2) is 12.1 Å². The van der Waals surface area contributed by atoms with Crippen molar-refractivity contribution in [3.05, 3.63) is 27.7 Å². The summed E-state index contributed by atoms with van der Waals surface area (Å²) in [5.41, 5.74) is 1.65. The molecule has 1 heterocycles. The first kappa shape index (κ1) is 14.1. The number of aromatic nitrogens is 2. The van der Waals surface area contributed by atoms with Crippen LogP contribution in [-0.2, 0) is 0 Å². The molecule has 3 rings (SSSR count). The molecule has 0 bridgehead atoms. The van der Waals surface area contributed by atoms with E-state index in [1.54, 1.807) is 6.07 Å². The lowest BCUT2D eigenvalue weighted by Crippen LogP contribution is -2.16. The van der Waals surface area contributed by atoms with E-state index >= 15 is 0 Å². The molecule has 2 unspecified atom stereocenters. The van der Waals surface area contributed by atoms with Crippen LogP contribution in [0.25, 0.3) is 11.0 Å². The summed E-state index contributed by atoms with van der Waals surface area (Å²) >= 11 is 11.3. The Bertz CT molecular complexity index is 691. The first-order chi connectivity index (χ1) is 9.58. The van der Waals surface area contributed by atoms with Gasteiger partial charge in [0, 0.05) is 12.1 Å². The molecular formula is C15H18ClFN2S. The van der Waals surface area contributed by atoms with E-state index in [0.29, 0.717) is 16.7 Å². The molecule has 5 heteroatoms. The SMILES string of the molecule is CC1CCCCCC1n1c(=S)[nH]c2cc(Cl)c(F)cc21. The van der Waals surface area contributed by atoms with Crippen LogP contribution in [-0.4, -0.2) is 9.55 Å². The van der Waals surface area contributed by atoms with Gasteiger partial charge in [-0.1, -0.05) is 37.8 Å². The van der Waals surface area contributed by atoms with E-state index in [4.69, 9.17) is 23.8 Å². The molecule has 1 aromatic heterocycles. The largest absolute Gasteiger partial charge is 0.331 e. The lowest BCUT2D eigenvalue weighted by atomic mass is 9.96. The molecule has 0 spiro atoms. The van der Waals surface area contributed by atoms with Crippen molar-refractivity contribution < 1.29 is 4.39 Å². The minimum absolute atomic E-state index is 0.134. The summed E-state index contributed by atoms with van der Waals surface area (Å²) in [7, 11) is 0. The number of imidazole rings is 1. The number of nitrogens with one attached hydrogen (secondary N) is 1. The van der Waals surface area contributed by atoms with E-state index in [-0.39, 0.29) is 10.8 Å². The highest BCUT2D eigenvalue weighted by Gasteiger charge is 2.24. The molecule has 108 valence electrons. The van der Waals surface area contributed by atoms with Crippen LogP contribution < -0.4 is 0 Å². The fourth-order valence-corrected chi connectivity index (χ4v) is 3.81. The number of nitrogens with zero attached hydrogens (tertiary/aromatic N) is 1. The summed E-state index contributed by atoms with van der Waals surface area (Å²) in [6.45, 7) is 2.27. The van der Waals surface area contributed by atoms with Gasteiger partial charge in [-0.3, -0.25) is 0 Å². The number of hydrogen-bond donors (Lipinski definition) is 1. The van der Waals surface area contributed by atoms with Crippen molar-refractivity contribution in [1.29, 1.82) is 0 Å². The van der Waals surface area contributed by atoms with Gasteiger partial charge in [0.1, 0.15) is 5.82 Å². The first-order valence-corrected chi connectivity index (χ1v) is 7.96. The predicted octanol–water partition coefficient (Wildman–Crippen LogP) is 5.63. The Labute approximate surface area is 127 Å². The smallest absolute Gasteiger partial charge is 0.178 e. The van der Waals surface area contributed by atoms with E-state index in [1.165, 1.54) is 31.7 Å². The fraction of sp³-hybridized carbons (Fsp3) is 0.533. The van der Waals surface area contributed by atoms with Gasteiger partial charge >= 0.3 is 0 Å². The third-order valence-corrected chi connectivity index (χ3v) is 4.99. The summed E-state index contributed by atoms with van der Waals surface area (Å²) in [5.74, 6) is 0.171. The van der Waals surface area contributed by atoms with Crippen molar-refractivity contribution in [3.63, 3.8) is 0 Å². The second kappa shape index (κ2) is 5.49. The molecule has 0 radical (unpaired) electrons. The first-order valence-electron chi connectivity index (χ1n) is 7.17. The number of aromatic amines is 1. The van der Waals surface area contributed by atoms with E-state index < -0.39 is 0 Å². The monoisotopic (exact) mass is 312 g/mol. The van der Waals surface area contributed by atoms with Crippen molar-refractivity contribution in [2.45, 2.75) is 45.1 Å². The third kappa shape index (κ3) is 2.40. The normalized spacial score (nSPS) is 23.9. The molecule has 0 amide bonds. The number of H-pyrrole nitrogens is 1. The minimum atomic E-state index is -0.386. The topological polar surface area (TPSA) is 20.7 Å². The van der Waals surface area contributed by atoms with Crippen molar-refractivity contribution in [3.8, 4) is 0 Å². The zero-order chi connectivity index (χ0) is 14.3. The number of hydrogen-bond acceptors (Lipinski definition) is 1. The van der Waals surface area contributed by atoms with Crippen LogP contribution in [0, 0.1) is 16.5 Å². The Morgan fingerprint density at radius 3 is 2.85 bits per heavy atom. The molecule has 1 aliphatic carbocycles. The van der Waals surface area contributed by atoms with Crippen LogP contribution >= 0.6 is 23.8 Å². The molecule has 1 N–H and O–H groups in total. The summed E-state index contributed by atoms with van der Waals surface area (Å²) in [4.78, 5) is 3.16. The summed E-state index contributed by atoms with van der Waals surface area (Å²) in [6.07, 6.45) is 6.06. The Morgan fingerprint density at radius 1 is 1.30 bits per heavy atom.